The van der Waals surface area contributed by atoms with Gasteiger partial charge in [-0.1, -0.05) is 6.92 Å². The predicted molar refractivity (Wildman–Crippen MR) is 61.1 cm³/mol. The fourth-order valence-corrected chi connectivity index (χ4v) is 1.60. The summed E-state index contributed by atoms with van der Waals surface area (Å²) in [5, 5.41) is 4.15. The van der Waals surface area contributed by atoms with Gasteiger partial charge in [0, 0.05) is 24.5 Å². The van der Waals surface area contributed by atoms with Crippen LogP contribution in [0.15, 0.2) is 23.1 Å². The van der Waals surface area contributed by atoms with Crippen molar-refractivity contribution in [1.29, 1.82) is 0 Å². The minimum Gasteiger partial charge on any atom is -0.305 e. The topological polar surface area (TPSA) is 63.6 Å². The molecule has 2 rings (SSSR count). The van der Waals surface area contributed by atoms with Gasteiger partial charge >= 0.3 is 0 Å². The molecule has 2 aromatic rings. The molecule has 0 radical (unpaired) electrons. The Morgan fingerprint density at radius 1 is 1.44 bits per heavy atom. The minimum atomic E-state index is -0.120. The minimum absolute atomic E-state index is 0.120. The lowest BCUT2D eigenvalue weighted by Gasteiger charge is -2.04. The van der Waals surface area contributed by atoms with Gasteiger partial charge in [0.15, 0.2) is 5.82 Å². The fraction of sp³-hybridized carbons (Fsp3) is 0.364. The first-order valence-electron chi connectivity index (χ1n) is 5.37. The molecule has 0 bridgehead atoms. The first-order valence-corrected chi connectivity index (χ1v) is 5.37. The van der Waals surface area contributed by atoms with Crippen LogP contribution < -0.4 is 5.56 Å². The van der Waals surface area contributed by atoms with Gasteiger partial charge in [0.25, 0.3) is 5.56 Å². The summed E-state index contributed by atoms with van der Waals surface area (Å²) in [6, 6.07) is 3.37. The van der Waals surface area contributed by atoms with Gasteiger partial charge in [-0.05, 0) is 19.4 Å². The quantitative estimate of drug-likeness (QED) is 0.842. The van der Waals surface area contributed by atoms with Gasteiger partial charge < -0.3 is 4.98 Å². The van der Waals surface area contributed by atoms with Crippen LogP contribution in [0.4, 0.5) is 0 Å². The molecule has 0 fully saturated rings. The van der Waals surface area contributed by atoms with Crippen molar-refractivity contribution in [3.8, 4) is 11.5 Å². The van der Waals surface area contributed by atoms with E-state index in [0.29, 0.717) is 5.82 Å². The van der Waals surface area contributed by atoms with Gasteiger partial charge in [0.05, 0.1) is 0 Å². The van der Waals surface area contributed by atoms with Crippen molar-refractivity contribution in [3.63, 3.8) is 0 Å². The number of rotatable bonds is 3. The molecule has 0 aliphatic heterocycles. The smallest absolute Gasteiger partial charge is 0.251 e. The average Bonchev–Trinajstić information content (AvgIpc) is 2.76. The molecule has 0 saturated heterocycles. The maximum absolute atomic E-state index is 11.4. The summed E-state index contributed by atoms with van der Waals surface area (Å²) >= 11 is 0. The number of hydrogen-bond acceptors (Lipinski definition) is 3. The Bertz CT molecular complexity index is 541. The third-order valence-electron chi connectivity index (χ3n) is 2.42. The van der Waals surface area contributed by atoms with Crippen LogP contribution in [0.2, 0.25) is 0 Å². The first kappa shape index (κ1) is 10.6. The van der Waals surface area contributed by atoms with Gasteiger partial charge in [-0.15, -0.1) is 0 Å². The van der Waals surface area contributed by atoms with Gasteiger partial charge in [-0.25, -0.2) is 4.98 Å². The number of aromatic amines is 1. The Balaban J connectivity index is 2.55. The summed E-state index contributed by atoms with van der Waals surface area (Å²) in [7, 11) is 0. The molecular formula is C11H14N4O. The Morgan fingerprint density at radius 2 is 2.25 bits per heavy atom. The monoisotopic (exact) mass is 218 g/mol. The SMILES string of the molecule is CCc1cc(=O)[nH]c(-c2ccnn2CC)n1. The lowest BCUT2D eigenvalue weighted by Crippen LogP contribution is -2.12. The van der Waals surface area contributed by atoms with Gasteiger partial charge in [0.1, 0.15) is 5.69 Å². The lowest BCUT2D eigenvalue weighted by molar-refractivity contribution is 0.663. The fourth-order valence-electron chi connectivity index (χ4n) is 1.60. The van der Waals surface area contributed by atoms with Crippen LogP contribution >= 0.6 is 0 Å². The zero-order chi connectivity index (χ0) is 11.5. The molecule has 0 unspecified atom stereocenters. The number of nitrogens with one attached hydrogen (secondary N) is 1. The molecule has 0 aliphatic carbocycles. The van der Waals surface area contributed by atoms with Crippen LogP contribution in [-0.2, 0) is 13.0 Å². The van der Waals surface area contributed by atoms with Crippen LogP contribution in [0.5, 0.6) is 0 Å². The molecule has 0 amide bonds. The molecule has 0 atom stereocenters. The third kappa shape index (κ3) is 1.88. The zero-order valence-electron chi connectivity index (χ0n) is 9.40. The second kappa shape index (κ2) is 4.30. The maximum Gasteiger partial charge on any atom is 0.251 e. The molecule has 1 N–H and O–H groups in total. The van der Waals surface area contributed by atoms with Gasteiger partial charge in [-0.2, -0.15) is 5.10 Å². The predicted octanol–water partition coefficient (Wildman–Crippen LogP) is 1.22. The average molecular weight is 218 g/mol. The highest BCUT2D eigenvalue weighted by molar-refractivity contribution is 5.48. The van der Waals surface area contributed by atoms with Crippen molar-refractivity contribution in [1.82, 2.24) is 19.7 Å². The van der Waals surface area contributed by atoms with Crippen LogP contribution in [0.1, 0.15) is 19.5 Å². The van der Waals surface area contributed by atoms with E-state index in [1.54, 1.807) is 10.9 Å². The second-order valence-corrected chi connectivity index (χ2v) is 3.47. The normalized spacial score (nSPS) is 10.6. The highest BCUT2D eigenvalue weighted by Gasteiger charge is 2.07. The van der Waals surface area contributed by atoms with Crippen molar-refractivity contribution >= 4 is 0 Å². The van der Waals surface area contributed by atoms with Crippen LogP contribution in [-0.4, -0.2) is 19.7 Å². The van der Waals surface area contributed by atoms with E-state index in [2.05, 4.69) is 15.1 Å². The van der Waals surface area contributed by atoms with Crippen molar-refractivity contribution in [2.45, 2.75) is 26.8 Å². The van der Waals surface area contributed by atoms with E-state index in [1.807, 2.05) is 19.9 Å². The Hall–Kier alpha value is -1.91. The van der Waals surface area contributed by atoms with E-state index in [-0.39, 0.29) is 5.56 Å². The standard InChI is InChI=1S/C11H14N4O/c1-3-8-7-10(16)14-11(13-8)9-5-6-12-15(9)4-2/h5-7H,3-4H2,1-2H3,(H,13,14,16). The molecule has 2 heterocycles. The molecule has 0 aliphatic rings. The molecule has 16 heavy (non-hydrogen) atoms. The Kier molecular flexibility index (Phi) is 2.85. The highest BCUT2D eigenvalue weighted by Crippen LogP contribution is 2.12. The Morgan fingerprint density at radius 3 is 2.94 bits per heavy atom. The Labute approximate surface area is 93.2 Å². The van der Waals surface area contributed by atoms with E-state index < -0.39 is 0 Å². The summed E-state index contributed by atoms with van der Waals surface area (Å²) in [4.78, 5) is 18.6. The zero-order valence-corrected chi connectivity index (χ0v) is 9.40. The van der Waals surface area contributed by atoms with Crippen LogP contribution in [0.3, 0.4) is 0 Å². The molecule has 84 valence electrons. The van der Waals surface area contributed by atoms with Gasteiger partial charge in [-0.3, -0.25) is 9.48 Å². The number of H-pyrrole nitrogens is 1. The molecule has 5 heteroatoms. The maximum atomic E-state index is 11.4. The van der Waals surface area contributed by atoms with E-state index >= 15 is 0 Å². The van der Waals surface area contributed by atoms with E-state index in [1.165, 1.54) is 6.07 Å². The number of aromatic nitrogens is 4. The second-order valence-electron chi connectivity index (χ2n) is 3.47. The molecule has 5 nitrogen and oxygen atoms in total. The molecule has 0 spiro atoms. The van der Waals surface area contributed by atoms with Gasteiger partial charge in [0.2, 0.25) is 0 Å². The van der Waals surface area contributed by atoms with Crippen molar-refractivity contribution in [3.05, 3.63) is 34.4 Å². The summed E-state index contributed by atoms with van der Waals surface area (Å²) in [5.41, 5.74) is 1.52. The van der Waals surface area contributed by atoms with E-state index in [9.17, 15) is 4.79 Å². The number of hydrogen-bond donors (Lipinski definition) is 1. The van der Waals surface area contributed by atoms with Crippen molar-refractivity contribution in [2.75, 3.05) is 0 Å². The molecular weight excluding hydrogens is 204 g/mol. The largest absolute Gasteiger partial charge is 0.305 e. The molecule has 0 saturated carbocycles. The van der Waals surface area contributed by atoms with Crippen molar-refractivity contribution < 1.29 is 0 Å². The van der Waals surface area contributed by atoms with Crippen molar-refractivity contribution in [2.24, 2.45) is 0 Å². The lowest BCUT2D eigenvalue weighted by atomic mass is 10.3. The van der Waals surface area contributed by atoms with E-state index in [0.717, 1.165) is 24.4 Å². The third-order valence-corrected chi connectivity index (χ3v) is 2.42. The number of aryl methyl sites for hydroxylation is 2. The summed E-state index contributed by atoms with van der Waals surface area (Å²) in [6.07, 6.45) is 2.45. The molecule has 0 aromatic carbocycles. The van der Waals surface area contributed by atoms with Crippen LogP contribution in [0, 0.1) is 0 Å². The number of nitrogens with zero attached hydrogens (tertiary/aromatic N) is 3. The first-order chi connectivity index (χ1) is 7.74. The summed E-state index contributed by atoms with van der Waals surface area (Å²) in [6.45, 7) is 4.73. The summed E-state index contributed by atoms with van der Waals surface area (Å²) < 4.78 is 1.80. The van der Waals surface area contributed by atoms with Crippen LogP contribution in [0.25, 0.3) is 11.5 Å². The molecule has 2 aromatic heterocycles. The summed E-state index contributed by atoms with van der Waals surface area (Å²) in [5.74, 6) is 0.587. The highest BCUT2D eigenvalue weighted by atomic mass is 16.1. The van der Waals surface area contributed by atoms with E-state index in [4.69, 9.17) is 0 Å².